The minimum absolute atomic E-state index is 0.300. The SMILES string of the molecule is Cc1nnc(CN2CCC3(CC2)OCCc2sc(C(=O)O)cc23)s1. The monoisotopic (exact) mass is 365 g/mol. The summed E-state index contributed by atoms with van der Waals surface area (Å²) >= 11 is 3.05. The number of carboxylic acids is 1. The fourth-order valence-electron chi connectivity index (χ4n) is 3.60. The summed E-state index contributed by atoms with van der Waals surface area (Å²) in [6, 6.07) is 1.84. The summed E-state index contributed by atoms with van der Waals surface area (Å²) in [5, 5.41) is 19.6. The Kier molecular flexibility index (Phi) is 4.16. The van der Waals surface area contributed by atoms with Gasteiger partial charge in [0.05, 0.1) is 18.8 Å². The molecule has 24 heavy (non-hydrogen) atoms. The molecule has 1 saturated heterocycles. The van der Waals surface area contributed by atoms with E-state index in [1.807, 2.05) is 13.0 Å². The van der Waals surface area contributed by atoms with Gasteiger partial charge in [0, 0.05) is 24.4 Å². The van der Waals surface area contributed by atoms with Crippen LogP contribution < -0.4 is 0 Å². The Balaban J connectivity index is 1.50. The summed E-state index contributed by atoms with van der Waals surface area (Å²) in [6.45, 7) is 5.34. The van der Waals surface area contributed by atoms with E-state index in [1.165, 1.54) is 16.2 Å². The fourth-order valence-corrected chi connectivity index (χ4v) is 5.42. The van der Waals surface area contributed by atoms with Crippen LogP contribution >= 0.6 is 22.7 Å². The van der Waals surface area contributed by atoms with Gasteiger partial charge in [0.15, 0.2) is 0 Å². The first kappa shape index (κ1) is 16.1. The van der Waals surface area contributed by atoms with E-state index in [2.05, 4.69) is 15.1 Å². The molecule has 0 aromatic carbocycles. The van der Waals surface area contributed by atoms with E-state index < -0.39 is 5.97 Å². The van der Waals surface area contributed by atoms with Crippen LogP contribution in [-0.2, 0) is 23.3 Å². The molecule has 1 fully saturated rings. The number of fused-ring (bicyclic) bond motifs is 2. The van der Waals surface area contributed by atoms with E-state index in [0.717, 1.165) is 54.5 Å². The maximum Gasteiger partial charge on any atom is 0.345 e. The number of aromatic carboxylic acids is 1. The zero-order chi connectivity index (χ0) is 16.7. The number of nitrogens with zero attached hydrogens (tertiary/aromatic N) is 3. The van der Waals surface area contributed by atoms with Crippen molar-refractivity contribution in [2.45, 2.75) is 38.3 Å². The highest BCUT2D eigenvalue weighted by molar-refractivity contribution is 7.14. The van der Waals surface area contributed by atoms with Crippen LogP contribution in [0.15, 0.2) is 6.07 Å². The van der Waals surface area contributed by atoms with Gasteiger partial charge in [-0.3, -0.25) is 4.90 Å². The van der Waals surface area contributed by atoms with Crippen LogP contribution in [0.1, 0.15) is 43.0 Å². The Labute approximate surface area is 148 Å². The molecule has 4 heterocycles. The lowest BCUT2D eigenvalue weighted by molar-refractivity contribution is -0.0981. The van der Waals surface area contributed by atoms with E-state index in [0.29, 0.717) is 11.5 Å². The van der Waals surface area contributed by atoms with E-state index in [1.54, 1.807) is 11.3 Å². The second kappa shape index (κ2) is 6.18. The van der Waals surface area contributed by atoms with E-state index in [9.17, 15) is 9.90 Å². The van der Waals surface area contributed by atoms with Gasteiger partial charge in [-0.25, -0.2) is 4.79 Å². The Hall–Kier alpha value is -1.35. The van der Waals surface area contributed by atoms with Crippen molar-refractivity contribution >= 4 is 28.6 Å². The minimum atomic E-state index is -0.839. The Morgan fingerprint density at radius 3 is 2.83 bits per heavy atom. The Bertz CT molecular complexity index is 762. The topological polar surface area (TPSA) is 75.5 Å². The highest BCUT2D eigenvalue weighted by Crippen LogP contribution is 2.44. The smallest absolute Gasteiger partial charge is 0.345 e. The maximum atomic E-state index is 11.3. The molecule has 0 atom stereocenters. The van der Waals surface area contributed by atoms with Gasteiger partial charge in [-0.15, -0.1) is 32.9 Å². The normalized spacial score (nSPS) is 20.2. The summed E-state index contributed by atoms with van der Waals surface area (Å²) in [7, 11) is 0. The number of piperidine rings is 1. The molecule has 8 heteroatoms. The van der Waals surface area contributed by atoms with Gasteiger partial charge >= 0.3 is 5.97 Å². The van der Waals surface area contributed by atoms with Crippen LogP contribution in [-0.4, -0.2) is 45.9 Å². The first-order valence-electron chi connectivity index (χ1n) is 8.07. The molecule has 6 nitrogen and oxygen atoms in total. The number of likely N-dealkylation sites (tertiary alicyclic amines) is 1. The lowest BCUT2D eigenvalue weighted by atomic mass is 9.82. The van der Waals surface area contributed by atoms with Crippen molar-refractivity contribution in [1.82, 2.24) is 15.1 Å². The third-order valence-corrected chi connectivity index (χ3v) is 6.81. The predicted octanol–water partition coefficient (Wildman–Crippen LogP) is 2.67. The van der Waals surface area contributed by atoms with Gasteiger partial charge in [-0.05, 0) is 31.4 Å². The summed E-state index contributed by atoms with van der Waals surface area (Å²) in [5.41, 5.74) is 0.813. The number of aromatic nitrogens is 2. The number of ether oxygens (including phenoxy) is 1. The zero-order valence-corrected chi connectivity index (χ0v) is 15.1. The van der Waals surface area contributed by atoms with E-state index >= 15 is 0 Å². The molecule has 0 saturated carbocycles. The van der Waals surface area contributed by atoms with Crippen molar-refractivity contribution in [2.24, 2.45) is 0 Å². The van der Waals surface area contributed by atoms with Gasteiger partial charge in [0.1, 0.15) is 14.9 Å². The predicted molar refractivity (Wildman–Crippen MR) is 91.8 cm³/mol. The fraction of sp³-hybridized carbons (Fsp3) is 0.562. The third kappa shape index (κ3) is 2.88. The average Bonchev–Trinajstić information content (AvgIpc) is 3.17. The minimum Gasteiger partial charge on any atom is -0.477 e. The van der Waals surface area contributed by atoms with Crippen LogP contribution in [0.25, 0.3) is 0 Å². The molecule has 2 aromatic rings. The molecule has 128 valence electrons. The van der Waals surface area contributed by atoms with Gasteiger partial charge in [0.2, 0.25) is 0 Å². The lowest BCUT2D eigenvalue weighted by Crippen LogP contribution is -2.45. The summed E-state index contributed by atoms with van der Waals surface area (Å²) in [5.74, 6) is -0.839. The molecular formula is C16H19N3O3S2. The van der Waals surface area contributed by atoms with Gasteiger partial charge in [-0.1, -0.05) is 0 Å². The Morgan fingerprint density at radius 1 is 1.38 bits per heavy atom. The van der Waals surface area contributed by atoms with Gasteiger partial charge < -0.3 is 9.84 Å². The number of hydrogen-bond donors (Lipinski definition) is 1. The molecule has 0 aliphatic carbocycles. The average molecular weight is 365 g/mol. The molecule has 0 radical (unpaired) electrons. The van der Waals surface area contributed by atoms with Crippen molar-refractivity contribution in [3.8, 4) is 0 Å². The van der Waals surface area contributed by atoms with E-state index in [4.69, 9.17) is 4.74 Å². The molecule has 4 rings (SSSR count). The molecule has 1 spiro atoms. The zero-order valence-electron chi connectivity index (χ0n) is 13.4. The molecule has 0 amide bonds. The number of carboxylic acid groups (broad SMARTS) is 1. The third-order valence-electron chi connectivity index (χ3n) is 4.81. The van der Waals surface area contributed by atoms with Gasteiger partial charge in [-0.2, -0.15) is 0 Å². The van der Waals surface area contributed by atoms with Crippen molar-refractivity contribution in [3.05, 3.63) is 31.4 Å². The van der Waals surface area contributed by atoms with Crippen LogP contribution in [0.2, 0.25) is 0 Å². The van der Waals surface area contributed by atoms with Crippen LogP contribution in [0.3, 0.4) is 0 Å². The largest absolute Gasteiger partial charge is 0.477 e. The molecule has 2 aromatic heterocycles. The second-order valence-electron chi connectivity index (χ2n) is 6.34. The molecule has 0 unspecified atom stereocenters. The van der Waals surface area contributed by atoms with Gasteiger partial charge in [0.25, 0.3) is 0 Å². The molecule has 2 aliphatic rings. The van der Waals surface area contributed by atoms with E-state index in [-0.39, 0.29) is 5.60 Å². The number of carbonyl (C=O) groups is 1. The standard InChI is InChI=1S/C16H19N3O3S2/c1-10-17-18-14(23-10)9-19-5-3-16(4-6-19)11-8-13(15(20)21)24-12(11)2-7-22-16/h8H,2-7,9H2,1H3,(H,20,21). The quantitative estimate of drug-likeness (QED) is 0.901. The van der Waals surface area contributed by atoms with Crippen molar-refractivity contribution < 1.29 is 14.6 Å². The first-order chi connectivity index (χ1) is 11.6. The molecular weight excluding hydrogens is 346 g/mol. The molecule has 1 N–H and O–H groups in total. The summed E-state index contributed by atoms with van der Waals surface area (Å²) < 4.78 is 6.19. The number of thiophene rings is 1. The van der Waals surface area contributed by atoms with Crippen molar-refractivity contribution in [3.63, 3.8) is 0 Å². The highest BCUT2D eigenvalue weighted by Gasteiger charge is 2.42. The number of hydrogen-bond acceptors (Lipinski definition) is 7. The van der Waals surface area contributed by atoms with Crippen LogP contribution in [0.5, 0.6) is 0 Å². The number of rotatable bonds is 3. The Morgan fingerprint density at radius 2 is 2.17 bits per heavy atom. The highest BCUT2D eigenvalue weighted by atomic mass is 32.1. The van der Waals surface area contributed by atoms with Crippen LogP contribution in [0.4, 0.5) is 0 Å². The molecule has 2 aliphatic heterocycles. The lowest BCUT2D eigenvalue weighted by Gasteiger charge is -2.43. The number of aryl methyl sites for hydroxylation is 1. The summed E-state index contributed by atoms with van der Waals surface area (Å²) in [6.07, 6.45) is 2.62. The maximum absolute atomic E-state index is 11.3. The van der Waals surface area contributed by atoms with Crippen molar-refractivity contribution in [1.29, 1.82) is 0 Å². The first-order valence-corrected chi connectivity index (χ1v) is 9.71. The van der Waals surface area contributed by atoms with Crippen LogP contribution in [0, 0.1) is 6.92 Å². The molecule has 0 bridgehead atoms. The second-order valence-corrected chi connectivity index (χ2v) is 8.74. The summed E-state index contributed by atoms with van der Waals surface area (Å²) in [4.78, 5) is 15.3. The van der Waals surface area contributed by atoms with Crippen molar-refractivity contribution in [2.75, 3.05) is 19.7 Å².